The van der Waals surface area contributed by atoms with Gasteiger partial charge in [-0.25, -0.2) is 4.98 Å². The largest absolute Gasteiger partial charge is 0.478 e. The van der Waals surface area contributed by atoms with Crippen LogP contribution in [-0.2, 0) is 0 Å². The molecule has 1 aromatic carbocycles. The lowest BCUT2D eigenvalue weighted by Gasteiger charge is -2.24. The molecule has 0 bridgehead atoms. The summed E-state index contributed by atoms with van der Waals surface area (Å²) in [7, 11) is 0. The highest BCUT2D eigenvalue weighted by Gasteiger charge is 2.19. The molecule has 0 spiro atoms. The zero-order valence-corrected chi connectivity index (χ0v) is 13.3. The number of benzene rings is 1. The minimum Gasteiger partial charge on any atom is -0.478 e. The Labute approximate surface area is 132 Å². The van der Waals surface area contributed by atoms with Crippen molar-refractivity contribution in [3.63, 3.8) is 0 Å². The molecule has 1 aliphatic rings. The molecule has 0 unspecified atom stereocenters. The second-order valence-electron chi connectivity index (χ2n) is 5.70. The van der Waals surface area contributed by atoms with Gasteiger partial charge in [-0.05, 0) is 51.4 Å². The van der Waals surface area contributed by atoms with Crippen LogP contribution >= 0.6 is 0 Å². The number of hydrogen-bond acceptors (Lipinski definition) is 4. The van der Waals surface area contributed by atoms with Crippen LogP contribution in [0.5, 0.6) is 5.88 Å². The Bertz CT molecular complexity index is 623. The fraction of sp³-hybridized carbons (Fsp3) is 0.444. The van der Waals surface area contributed by atoms with Gasteiger partial charge in [0.2, 0.25) is 5.88 Å². The lowest BCUT2D eigenvalue weighted by molar-refractivity contribution is 0.263. The van der Waals surface area contributed by atoms with Crippen molar-refractivity contribution in [3.05, 3.63) is 42.1 Å². The molecule has 0 amide bonds. The standard InChI is InChI=1S/C18H23N3O/c1-3-22-17-9-10-19-18(20-17)16-8-6-7-15(13-16)14(2)21-11-4-5-12-21/h6-10,13-14H,3-5,11-12H2,1-2H3/t14-/m1/s1. The van der Waals surface area contributed by atoms with Gasteiger partial charge in [0.05, 0.1) is 6.61 Å². The van der Waals surface area contributed by atoms with E-state index in [2.05, 4.69) is 46.1 Å². The van der Waals surface area contributed by atoms with E-state index in [1.54, 1.807) is 12.3 Å². The molecular weight excluding hydrogens is 274 g/mol. The Hall–Kier alpha value is -1.94. The van der Waals surface area contributed by atoms with E-state index in [1.165, 1.54) is 31.5 Å². The summed E-state index contributed by atoms with van der Waals surface area (Å²) in [5, 5.41) is 0. The topological polar surface area (TPSA) is 38.2 Å². The first kappa shape index (κ1) is 15.0. The normalized spacial score (nSPS) is 16.6. The molecular formula is C18H23N3O. The zero-order chi connectivity index (χ0) is 15.4. The van der Waals surface area contributed by atoms with Crippen LogP contribution < -0.4 is 4.74 Å². The van der Waals surface area contributed by atoms with Gasteiger partial charge in [0.25, 0.3) is 0 Å². The number of aromatic nitrogens is 2. The minimum atomic E-state index is 0.442. The number of ether oxygens (including phenoxy) is 1. The van der Waals surface area contributed by atoms with Gasteiger partial charge in [0, 0.05) is 23.9 Å². The smallest absolute Gasteiger partial charge is 0.216 e. The van der Waals surface area contributed by atoms with Gasteiger partial charge in [-0.15, -0.1) is 0 Å². The molecule has 4 heteroatoms. The number of nitrogens with zero attached hydrogens (tertiary/aromatic N) is 3. The summed E-state index contributed by atoms with van der Waals surface area (Å²) in [6, 6.07) is 10.8. The number of rotatable bonds is 5. The van der Waals surface area contributed by atoms with Crippen LogP contribution in [0.2, 0.25) is 0 Å². The Kier molecular flexibility index (Phi) is 4.68. The number of likely N-dealkylation sites (tertiary alicyclic amines) is 1. The first-order valence-corrected chi connectivity index (χ1v) is 8.08. The van der Waals surface area contributed by atoms with E-state index in [9.17, 15) is 0 Å². The molecule has 0 N–H and O–H groups in total. The average molecular weight is 297 g/mol. The zero-order valence-electron chi connectivity index (χ0n) is 13.3. The molecule has 2 heterocycles. The van der Waals surface area contributed by atoms with Gasteiger partial charge in [0.1, 0.15) is 0 Å². The molecule has 1 saturated heterocycles. The quantitative estimate of drug-likeness (QED) is 0.843. The van der Waals surface area contributed by atoms with E-state index in [-0.39, 0.29) is 0 Å². The van der Waals surface area contributed by atoms with Crippen LogP contribution in [0, 0.1) is 0 Å². The number of hydrogen-bond donors (Lipinski definition) is 0. The summed E-state index contributed by atoms with van der Waals surface area (Å²) < 4.78 is 5.47. The summed E-state index contributed by atoms with van der Waals surface area (Å²) in [6.45, 7) is 7.24. The Balaban J connectivity index is 1.85. The highest BCUT2D eigenvalue weighted by molar-refractivity contribution is 5.56. The summed E-state index contributed by atoms with van der Waals surface area (Å²) in [6.07, 6.45) is 4.37. The van der Waals surface area contributed by atoms with E-state index in [4.69, 9.17) is 4.74 Å². The molecule has 22 heavy (non-hydrogen) atoms. The molecule has 116 valence electrons. The van der Waals surface area contributed by atoms with Crippen LogP contribution in [0.15, 0.2) is 36.5 Å². The van der Waals surface area contributed by atoms with E-state index in [1.807, 2.05) is 6.92 Å². The van der Waals surface area contributed by atoms with Crippen molar-refractivity contribution in [1.82, 2.24) is 14.9 Å². The molecule has 3 rings (SSSR count). The molecule has 4 nitrogen and oxygen atoms in total. The molecule has 1 aliphatic heterocycles. The van der Waals surface area contributed by atoms with Gasteiger partial charge in [-0.1, -0.05) is 18.2 Å². The summed E-state index contributed by atoms with van der Waals surface area (Å²) in [5.74, 6) is 1.35. The summed E-state index contributed by atoms with van der Waals surface area (Å²) in [4.78, 5) is 11.4. The van der Waals surface area contributed by atoms with Crippen molar-refractivity contribution >= 4 is 0 Å². The van der Waals surface area contributed by atoms with Crippen molar-refractivity contribution in [2.45, 2.75) is 32.7 Å². The first-order chi connectivity index (χ1) is 10.8. The van der Waals surface area contributed by atoms with Crippen LogP contribution in [0.25, 0.3) is 11.4 Å². The molecule has 1 atom stereocenters. The second-order valence-corrected chi connectivity index (χ2v) is 5.70. The Morgan fingerprint density at radius 1 is 1.23 bits per heavy atom. The third-order valence-corrected chi connectivity index (χ3v) is 4.24. The summed E-state index contributed by atoms with van der Waals surface area (Å²) in [5.41, 5.74) is 2.37. The van der Waals surface area contributed by atoms with Crippen molar-refractivity contribution in [3.8, 4) is 17.3 Å². The minimum absolute atomic E-state index is 0.442. The Morgan fingerprint density at radius 2 is 2.05 bits per heavy atom. The van der Waals surface area contributed by atoms with Crippen molar-refractivity contribution in [2.24, 2.45) is 0 Å². The molecule has 0 saturated carbocycles. The third-order valence-electron chi connectivity index (χ3n) is 4.24. The predicted molar refractivity (Wildman–Crippen MR) is 87.9 cm³/mol. The van der Waals surface area contributed by atoms with Gasteiger partial charge in [0.15, 0.2) is 5.82 Å². The van der Waals surface area contributed by atoms with E-state index < -0.39 is 0 Å². The van der Waals surface area contributed by atoms with Gasteiger partial charge >= 0.3 is 0 Å². The predicted octanol–water partition coefficient (Wildman–Crippen LogP) is 3.70. The van der Waals surface area contributed by atoms with E-state index in [0.717, 1.165) is 11.4 Å². The fourth-order valence-corrected chi connectivity index (χ4v) is 2.99. The van der Waals surface area contributed by atoms with Crippen molar-refractivity contribution < 1.29 is 4.74 Å². The molecule has 1 fully saturated rings. The highest BCUT2D eigenvalue weighted by atomic mass is 16.5. The first-order valence-electron chi connectivity index (χ1n) is 8.08. The molecule has 0 radical (unpaired) electrons. The van der Waals surface area contributed by atoms with E-state index >= 15 is 0 Å². The molecule has 1 aromatic heterocycles. The molecule has 2 aromatic rings. The summed E-state index contributed by atoms with van der Waals surface area (Å²) >= 11 is 0. The van der Waals surface area contributed by atoms with Gasteiger partial charge in [-0.2, -0.15) is 4.98 Å². The molecule has 0 aliphatic carbocycles. The van der Waals surface area contributed by atoms with Gasteiger partial charge < -0.3 is 4.74 Å². The van der Waals surface area contributed by atoms with E-state index in [0.29, 0.717) is 18.5 Å². The van der Waals surface area contributed by atoms with Crippen LogP contribution in [0.4, 0.5) is 0 Å². The second kappa shape index (κ2) is 6.88. The lowest BCUT2D eigenvalue weighted by atomic mass is 10.0. The highest BCUT2D eigenvalue weighted by Crippen LogP contribution is 2.27. The maximum absolute atomic E-state index is 5.47. The van der Waals surface area contributed by atoms with Crippen LogP contribution in [0.3, 0.4) is 0 Å². The lowest BCUT2D eigenvalue weighted by Crippen LogP contribution is -2.23. The van der Waals surface area contributed by atoms with Crippen molar-refractivity contribution in [2.75, 3.05) is 19.7 Å². The van der Waals surface area contributed by atoms with Crippen LogP contribution in [-0.4, -0.2) is 34.6 Å². The third kappa shape index (κ3) is 3.28. The SMILES string of the molecule is CCOc1ccnc(-c2cccc([C@@H](C)N3CCCC3)c2)n1. The Morgan fingerprint density at radius 3 is 2.82 bits per heavy atom. The maximum Gasteiger partial charge on any atom is 0.216 e. The monoisotopic (exact) mass is 297 g/mol. The fourth-order valence-electron chi connectivity index (χ4n) is 2.99. The van der Waals surface area contributed by atoms with Gasteiger partial charge in [-0.3, -0.25) is 4.90 Å². The van der Waals surface area contributed by atoms with Crippen molar-refractivity contribution in [1.29, 1.82) is 0 Å². The van der Waals surface area contributed by atoms with Crippen LogP contribution in [0.1, 0.15) is 38.3 Å². The average Bonchev–Trinajstić information content (AvgIpc) is 3.09. The maximum atomic E-state index is 5.47.